The zero-order chi connectivity index (χ0) is 11.6. The Morgan fingerprint density at radius 1 is 1.44 bits per heavy atom. The molecule has 1 aromatic heterocycles. The van der Waals surface area contributed by atoms with Gasteiger partial charge < -0.3 is 5.32 Å². The Balaban J connectivity index is 2.58. The number of nitrogens with zero attached hydrogens (tertiary/aromatic N) is 1. The van der Waals surface area contributed by atoms with Crippen molar-refractivity contribution in [3.8, 4) is 11.8 Å². The number of hydrogen-bond acceptors (Lipinski definition) is 2. The summed E-state index contributed by atoms with van der Waals surface area (Å²) in [6.07, 6.45) is 4.94. The van der Waals surface area contributed by atoms with Crippen molar-refractivity contribution < 1.29 is 0 Å². The number of pyridine rings is 1. The monoisotopic (exact) mass is 216 g/mol. The van der Waals surface area contributed by atoms with E-state index in [1.165, 1.54) is 0 Å². The third kappa shape index (κ3) is 4.46. The summed E-state index contributed by atoms with van der Waals surface area (Å²) in [5, 5.41) is 3.51. The Bertz CT molecular complexity index is 335. The molecule has 1 aromatic rings. The van der Waals surface area contributed by atoms with E-state index in [-0.39, 0.29) is 0 Å². The molecular formula is C14H20N2. The number of nitrogens with one attached hydrogen (secondary N) is 1. The molecule has 0 aliphatic rings. The van der Waals surface area contributed by atoms with Crippen LogP contribution in [0.4, 0.5) is 0 Å². The molecule has 1 heterocycles. The van der Waals surface area contributed by atoms with Crippen LogP contribution in [0.1, 0.15) is 44.8 Å². The summed E-state index contributed by atoms with van der Waals surface area (Å²) in [5.41, 5.74) is 1.12. The number of hydrogen-bond donors (Lipinski definition) is 1. The van der Waals surface area contributed by atoms with Crippen LogP contribution in [0.3, 0.4) is 0 Å². The third-order valence-electron chi connectivity index (χ3n) is 2.42. The van der Waals surface area contributed by atoms with Crippen molar-refractivity contribution >= 4 is 0 Å². The zero-order valence-corrected chi connectivity index (χ0v) is 10.2. The molecule has 16 heavy (non-hydrogen) atoms. The molecule has 1 atom stereocenters. The van der Waals surface area contributed by atoms with Crippen molar-refractivity contribution in [3.63, 3.8) is 0 Å². The quantitative estimate of drug-likeness (QED) is 0.740. The van der Waals surface area contributed by atoms with E-state index in [9.17, 15) is 0 Å². The molecule has 0 spiro atoms. The normalized spacial score (nSPS) is 11.6. The molecule has 1 rings (SSSR count). The van der Waals surface area contributed by atoms with Crippen LogP contribution < -0.4 is 5.32 Å². The Morgan fingerprint density at radius 3 is 2.94 bits per heavy atom. The zero-order valence-electron chi connectivity index (χ0n) is 10.2. The molecule has 0 aromatic carbocycles. The smallest absolute Gasteiger partial charge is 0.0573 e. The van der Waals surface area contributed by atoms with Crippen LogP contribution in [0.5, 0.6) is 0 Å². The first-order valence-electron chi connectivity index (χ1n) is 5.92. The van der Waals surface area contributed by atoms with Crippen molar-refractivity contribution in [1.29, 1.82) is 0 Å². The van der Waals surface area contributed by atoms with Crippen LogP contribution in [0.15, 0.2) is 24.4 Å². The molecule has 0 aliphatic heterocycles. The first-order chi connectivity index (χ1) is 7.88. The molecule has 0 saturated carbocycles. The standard InChI is InChI=1S/C14H20N2/c1-3-5-6-9-13(15-11-4-2)14-10-7-8-12-16-14/h7-8,10,12-13,15H,4,6,9,11H2,1-2H3. The lowest BCUT2D eigenvalue weighted by atomic mass is 10.1. The molecule has 86 valence electrons. The first-order valence-corrected chi connectivity index (χ1v) is 5.92. The van der Waals surface area contributed by atoms with Gasteiger partial charge in [-0.2, -0.15) is 0 Å². The lowest BCUT2D eigenvalue weighted by Gasteiger charge is -2.16. The second kappa shape index (κ2) is 7.90. The fourth-order valence-corrected chi connectivity index (χ4v) is 1.60. The summed E-state index contributed by atoms with van der Waals surface area (Å²) in [7, 11) is 0. The van der Waals surface area contributed by atoms with Crippen molar-refractivity contribution in [3.05, 3.63) is 30.1 Å². The Morgan fingerprint density at radius 2 is 2.31 bits per heavy atom. The topological polar surface area (TPSA) is 24.9 Å². The van der Waals surface area contributed by atoms with Gasteiger partial charge in [-0.15, -0.1) is 11.8 Å². The summed E-state index contributed by atoms with van der Waals surface area (Å²) < 4.78 is 0. The molecule has 0 aliphatic carbocycles. The third-order valence-corrected chi connectivity index (χ3v) is 2.42. The molecule has 2 heteroatoms. The molecule has 0 bridgehead atoms. The van der Waals surface area contributed by atoms with Crippen LogP contribution in [-0.4, -0.2) is 11.5 Å². The molecule has 0 saturated heterocycles. The van der Waals surface area contributed by atoms with E-state index in [2.05, 4.69) is 35.1 Å². The Kier molecular flexibility index (Phi) is 6.29. The van der Waals surface area contributed by atoms with E-state index in [1.54, 1.807) is 0 Å². The summed E-state index contributed by atoms with van der Waals surface area (Å²) in [6, 6.07) is 6.40. The van der Waals surface area contributed by atoms with Crippen LogP contribution in [-0.2, 0) is 0 Å². The Labute approximate surface area is 98.5 Å². The largest absolute Gasteiger partial charge is 0.309 e. The molecule has 0 radical (unpaired) electrons. The average Bonchev–Trinajstić information content (AvgIpc) is 2.35. The van der Waals surface area contributed by atoms with Crippen LogP contribution >= 0.6 is 0 Å². The van der Waals surface area contributed by atoms with E-state index < -0.39 is 0 Å². The summed E-state index contributed by atoms with van der Waals surface area (Å²) in [4.78, 5) is 4.40. The fourth-order valence-electron chi connectivity index (χ4n) is 1.60. The number of rotatable bonds is 6. The average molecular weight is 216 g/mol. The van der Waals surface area contributed by atoms with Gasteiger partial charge in [0.05, 0.1) is 11.7 Å². The summed E-state index contributed by atoms with van der Waals surface area (Å²) >= 11 is 0. The molecule has 0 fully saturated rings. The van der Waals surface area contributed by atoms with Gasteiger partial charge in [0.2, 0.25) is 0 Å². The van der Waals surface area contributed by atoms with Crippen molar-refractivity contribution in [1.82, 2.24) is 10.3 Å². The second-order valence-electron chi connectivity index (χ2n) is 3.73. The van der Waals surface area contributed by atoms with Crippen molar-refractivity contribution in [2.24, 2.45) is 0 Å². The Hall–Kier alpha value is -1.33. The van der Waals surface area contributed by atoms with Gasteiger partial charge in [-0.25, -0.2) is 0 Å². The maximum absolute atomic E-state index is 4.40. The summed E-state index contributed by atoms with van der Waals surface area (Å²) in [6.45, 7) is 5.09. The van der Waals surface area contributed by atoms with Gasteiger partial charge in [-0.1, -0.05) is 13.0 Å². The van der Waals surface area contributed by atoms with Gasteiger partial charge in [0.1, 0.15) is 0 Å². The van der Waals surface area contributed by atoms with Crippen LogP contribution in [0.25, 0.3) is 0 Å². The minimum atomic E-state index is 0.335. The summed E-state index contributed by atoms with van der Waals surface area (Å²) in [5.74, 6) is 6.04. The maximum atomic E-state index is 4.40. The van der Waals surface area contributed by atoms with E-state index in [4.69, 9.17) is 0 Å². The number of aromatic nitrogens is 1. The predicted octanol–water partition coefficient (Wildman–Crippen LogP) is 2.93. The molecule has 0 amide bonds. The maximum Gasteiger partial charge on any atom is 0.0573 e. The van der Waals surface area contributed by atoms with Crippen LogP contribution in [0, 0.1) is 11.8 Å². The van der Waals surface area contributed by atoms with E-state index in [1.807, 2.05) is 25.3 Å². The van der Waals surface area contributed by atoms with Crippen molar-refractivity contribution in [2.45, 2.75) is 39.2 Å². The van der Waals surface area contributed by atoms with E-state index in [0.717, 1.165) is 31.5 Å². The highest BCUT2D eigenvalue weighted by Gasteiger charge is 2.10. The van der Waals surface area contributed by atoms with Gasteiger partial charge in [0.15, 0.2) is 0 Å². The van der Waals surface area contributed by atoms with Crippen molar-refractivity contribution in [2.75, 3.05) is 6.54 Å². The minimum absolute atomic E-state index is 0.335. The molecule has 1 N–H and O–H groups in total. The molecule has 1 unspecified atom stereocenters. The van der Waals surface area contributed by atoms with Gasteiger partial charge in [-0.3, -0.25) is 4.98 Å². The van der Waals surface area contributed by atoms with Crippen LogP contribution in [0.2, 0.25) is 0 Å². The lowest BCUT2D eigenvalue weighted by Crippen LogP contribution is -2.22. The highest BCUT2D eigenvalue weighted by Crippen LogP contribution is 2.15. The molecular weight excluding hydrogens is 196 g/mol. The first kappa shape index (κ1) is 12.7. The van der Waals surface area contributed by atoms with Gasteiger partial charge >= 0.3 is 0 Å². The highest BCUT2D eigenvalue weighted by atomic mass is 14.9. The predicted molar refractivity (Wildman–Crippen MR) is 68.0 cm³/mol. The minimum Gasteiger partial charge on any atom is -0.309 e. The van der Waals surface area contributed by atoms with E-state index in [0.29, 0.717) is 6.04 Å². The van der Waals surface area contributed by atoms with Gasteiger partial charge in [-0.05, 0) is 38.4 Å². The van der Waals surface area contributed by atoms with E-state index >= 15 is 0 Å². The van der Waals surface area contributed by atoms with Gasteiger partial charge in [0, 0.05) is 12.6 Å². The highest BCUT2D eigenvalue weighted by molar-refractivity contribution is 5.09. The fraction of sp³-hybridized carbons (Fsp3) is 0.500. The second-order valence-corrected chi connectivity index (χ2v) is 3.73. The SMILES string of the molecule is CC#CCCC(NCCC)c1ccccn1. The lowest BCUT2D eigenvalue weighted by molar-refractivity contribution is 0.495. The van der Waals surface area contributed by atoms with Gasteiger partial charge in [0.25, 0.3) is 0 Å². The molecule has 2 nitrogen and oxygen atoms in total.